The van der Waals surface area contributed by atoms with Crippen molar-refractivity contribution < 1.29 is 4.42 Å². The molecule has 2 heterocycles. The Morgan fingerprint density at radius 1 is 0.947 bits per heavy atom. The van der Waals surface area contributed by atoms with Crippen molar-refractivity contribution >= 4 is 0 Å². The first-order valence-electron chi connectivity index (χ1n) is 6.05. The van der Waals surface area contributed by atoms with E-state index in [0.29, 0.717) is 16.9 Å². The minimum Gasteiger partial charge on any atom is -0.464 e. The summed E-state index contributed by atoms with van der Waals surface area (Å²) in [6.45, 7) is 0. The molecule has 0 N–H and O–H groups in total. The summed E-state index contributed by atoms with van der Waals surface area (Å²) in [5.74, 6) is 0.596. The Morgan fingerprint density at radius 3 is 2.37 bits per heavy atom. The molecule has 2 aromatic heterocycles. The molecule has 0 saturated carbocycles. The quantitative estimate of drug-likeness (QED) is 0.700. The Hall–Kier alpha value is -2.55. The Balaban J connectivity index is 2.26. The summed E-state index contributed by atoms with van der Waals surface area (Å²) in [5, 5.41) is 0. The second kappa shape index (κ2) is 4.61. The lowest BCUT2D eigenvalue weighted by atomic mass is 10.0. The molecule has 3 aromatic rings. The van der Waals surface area contributed by atoms with Gasteiger partial charge in [-0.2, -0.15) is 0 Å². The molecule has 0 aliphatic heterocycles. The third-order valence-corrected chi connectivity index (χ3v) is 3.03. The number of hydrogen-bond donors (Lipinski definition) is 0. The summed E-state index contributed by atoms with van der Waals surface area (Å²) < 4.78 is 7.21. The van der Waals surface area contributed by atoms with Gasteiger partial charge in [0.05, 0.1) is 11.8 Å². The van der Waals surface area contributed by atoms with Crippen LogP contribution in [0, 0.1) is 0 Å². The molecule has 3 nitrogen and oxygen atoms in total. The minimum atomic E-state index is -0.0146. The number of aryl methyl sites for hydroxylation is 1. The van der Waals surface area contributed by atoms with Gasteiger partial charge in [0.25, 0.3) is 0 Å². The van der Waals surface area contributed by atoms with E-state index in [4.69, 9.17) is 4.42 Å². The van der Waals surface area contributed by atoms with Crippen LogP contribution in [-0.4, -0.2) is 4.57 Å². The monoisotopic (exact) mass is 251 g/mol. The molecule has 0 aliphatic rings. The standard InChI is InChI=1S/C16H13NO2/c1-17-10-13(12-6-3-2-4-7-12)16(18)14(11-17)15-8-5-9-19-15/h2-11H,1H3. The van der Waals surface area contributed by atoms with Gasteiger partial charge in [0.15, 0.2) is 5.43 Å². The molecule has 3 rings (SSSR count). The van der Waals surface area contributed by atoms with E-state index in [1.807, 2.05) is 48.1 Å². The predicted molar refractivity (Wildman–Crippen MR) is 74.8 cm³/mol. The summed E-state index contributed by atoms with van der Waals surface area (Å²) in [5.41, 5.74) is 2.15. The molecular formula is C16H13NO2. The van der Waals surface area contributed by atoms with E-state index >= 15 is 0 Å². The van der Waals surface area contributed by atoms with Crippen LogP contribution in [0.1, 0.15) is 0 Å². The van der Waals surface area contributed by atoms with Crippen LogP contribution < -0.4 is 5.43 Å². The van der Waals surface area contributed by atoms with Crippen LogP contribution in [0.15, 0.2) is 70.3 Å². The fourth-order valence-electron chi connectivity index (χ4n) is 2.14. The number of rotatable bonds is 2. The summed E-state index contributed by atoms with van der Waals surface area (Å²) in [4.78, 5) is 12.5. The van der Waals surface area contributed by atoms with E-state index in [2.05, 4.69) is 0 Å². The highest BCUT2D eigenvalue weighted by Gasteiger charge is 2.12. The molecule has 0 unspecified atom stereocenters. The van der Waals surface area contributed by atoms with Crippen molar-refractivity contribution in [1.29, 1.82) is 0 Å². The summed E-state index contributed by atoms with van der Waals surface area (Å²) in [7, 11) is 1.90. The topological polar surface area (TPSA) is 35.1 Å². The van der Waals surface area contributed by atoms with Gasteiger partial charge < -0.3 is 8.98 Å². The van der Waals surface area contributed by atoms with Crippen molar-refractivity contribution in [2.24, 2.45) is 7.05 Å². The normalized spacial score (nSPS) is 10.6. The summed E-state index contributed by atoms with van der Waals surface area (Å²) >= 11 is 0. The zero-order valence-corrected chi connectivity index (χ0v) is 10.5. The van der Waals surface area contributed by atoms with Gasteiger partial charge in [0.2, 0.25) is 0 Å². The lowest BCUT2D eigenvalue weighted by Gasteiger charge is -2.07. The maximum atomic E-state index is 12.5. The van der Waals surface area contributed by atoms with Crippen molar-refractivity contribution in [3.63, 3.8) is 0 Å². The lowest BCUT2D eigenvalue weighted by molar-refractivity contribution is 0.581. The first-order chi connectivity index (χ1) is 9.25. The Kier molecular flexibility index (Phi) is 2.80. The van der Waals surface area contributed by atoms with Gasteiger partial charge in [-0.1, -0.05) is 30.3 Å². The Labute approximate surface area is 110 Å². The number of benzene rings is 1. The molecule has 94 valence electrons. The van der Waals surface area contributed by atoms with Gasteiger partial charge in [0.1, 0.15) is 5.76 Å². The molecular weight excluding hydrogens is 238 g/mol. The maximum absolute atomic E-state index is 12.5. The fourth-order valence-corrected chi connectivity index (χ4v) is 2.14. The number of aromatic nitrogens is 1. The SMILES string of the molecule is Cn1cc(-c2ccccc2)c(=O)c(-c2ccco2)c1. The van der Waals surface area contributed by atoms with Gasteiger partial charge in [0, 0.05) is 25.0 Å². The van der Waals surface area contributed by atoms with Crippen LogP contribution in [0.4, 0.5) is 0 Å². The number of hydrogen-bond acceptors (Lipinski definition) is 2. The highest BCUT2D eigenvalue weighted by atomic mass is 16.3. The van der Waals surface area contributed by atoms with E-state index in [0.717, 1.165) is 5.56 Å². The number of pyridine rings is 1. The molecule has 1 aromatic carbocycles. The van der Waals surface area contributed by atoms with Gasteiger partial charge in [-0.15, -0.1) is 0 Å². The zero-order valence-electron chi connectivity index (χ0n) is 10.5. The van der Waals surface area contributed by atoms with Crippen molar-refractivity contribution in [2.75, 3.05) is 0 Å². The average Bonchev–Trinajstić information content (AvgIpc) is 2.96. The maximum Gasteiger partial charge on any atom is 0.200 e. The molecule has 0 atom stereocenters. The third kappa shape index (κ3) is 2.10. The number of furan rings is 1. The first-order valence-corrected chi connectivity index (χ1v) is 6.05. The molecule has 0 amide bonds. The van der Waals surface area contributed by atoms with Crippen molar-refractivity contribution in [3.8, 4) is 22.5 Å². The van der Waals surface area contributed by atoms with Crippen LogP contribution in [0.3, 0.4) is 0 Å². The fraction of sp³-hybridized carbons (Fsp3) is 0.0625. The predicted octanol–water partition coefficient (Wildman–Crippen LogP) is 3.31. The molecule has 0 fully saturated rings. The third-order valence-electron chi connectivity index (χ3n) is 3.03. The van der Waals surface area contributed by atoms with Gasteiger partial charge in [-0.3, -0.25) is 4.79 Å². The molecule has 0 spiro atoms. The molecule has 0 aliphatic carbocycles. The van der Waals surface area contributed by atoms with Crippen molar-refractivity contribution in [3.05, 3.63) is 71.3 Å². The molecule has 0 saturated heterocycles. The average molecular weight is 251 g/mol. The van der Waals surface area contributed by atoms with Crippen LogP contribution >= 0.6 is 0 Å². The van der Waals surface area contributed by atoms with Crippen molar-refractivity contribution in [1.82, 2.24) is 4.57 Å². The summed E-state index contributed by atoms with van der Waals surface area (Å²) in [6, 6.07) is 13.2. The second-order valence-electron chi connectivity index (χ2n) is 4.42. The van der Waals surface area contributed by atoms with Gasteiger partial charge in [-0.25, -0.2) is 0 Å². The first kappa shape index (κ1) is 11.5. The number of nitrogens with zero attached hydrogens (tertiary/aromatic N) is 1. The highest BCUT2D eigenvalue weighted by molar-refractivity contribution is 5.69. The lowest BCUT2D eigenvalue weighted by Crippen LogP contribution is -2.11. The van der Waals surface area contributed by atoms with Crippen molar-refractivity contribution in [2.45, 2.75) is 0 Å². The minimum absolute atomic E-state index is 0.0146. The zero-order chi connectivity index (χ0) is 13.2. The van der Waals surface area contributed by atoms with E-state index in [1.54, 1.807) is 24.6 Å². The van der Waals surface area contributed by atoms with Crippen LogP contribution in [-0.2, 0) is 7.05 Å². The largest absolute Gasteiger partial charge is 0.464 e. The second-order valence-corrected chi connectivity index (χ2v) is 4.42. The smallest absolute Gasteiger partial charge is 0.200 e. The van der Waals surface area contributed by atoms with E-state index in [9.17, 15) is 4.79 Å². The molecule has 0 bridgehead atoms. The van der Waals surface area contributed by atoms with Crippen LogP contribution in [0.5, 0.6) is 0 Å². The van der Waals surface area contributed by atoms with Crippen LogP contribution in [0.2, 0.25) is 0 Å². The molecule has 0 radical (unpaired) electrons. The molecule has 3 heteroatoms. The van der Waals surface area contributed by atoms with E-state index < -0.39 is 0 Å². The van der Waals surface area contributed by atoms with E-state index in [-0.39, 0.29) is 5.43 Å². The van der Waals surface area contributed by atoms with E-state index in [1.165, 1.54) is 0 Å². The van der Waals surface area contributed by atoms with Gasteiger partial charge >= 0.3 is 0 Å². The highest BCUT2D eigenvalue weighted by Crippen LogP contribution is 2.20. The Morgan fingerprint density at radius 2 is 1.68 bits per heavy atom. The van der Waals surface area contributed by atoms with Gasteiger partial charge in [-0.05, 0) is 17.7 Å². The summed E-state index contributed by atoms with van der Waals surface area (Å²) in [6.07, 6.45) is 5.20. The Bertz CT molecular complexity index is 740. The van der Waals surface area contributed by atoms with Crippen LogP contribution in [0.25, 0.3) is 22.5 Å². The molecule has 19 heavy (non-hydrogen) atoms.